The van der Waals surface area contributed by atoms with Gasteiger partial charge in [0.15, 0.2) is 5.65 Å². The lowest BCUT2D eigenvalue weighted by atomic mass is 10.0. The number of anilines is 1. The Labute approximate surface area is 163 Å². The smallest absolute Gasteiger partial charge is 0.280 e. The first-order chi connectivity index (χ1) is 14.0. The van der Waals surface area contributed by atoms with E-state index in [4.69, 9.17) is 4.74 Å². The van der Waals surface area contributed by atoms with Crippen molar-refractivity contribution >= 4 is 17.1 Å². The molecule has 5 heterocycles. The maximum Gasteiger partial charge on any atom is 0.280 e. The molecule has 1 fully saturated rings. The molecule has 2 N–H and O–H groups in total. The fourth-order valence-electron chi connectivity index (χ4n) is 3.57. The number of rotatable bonds is 4. The average molecular weight is 400 g/mol. The number of ether oxygens (including phenoxy) is 1. The molecule has 1 saturated heterocycles. The number of fused-ring (bicyclic) bond motifs is 2. The van der Waals surface area contributed by atoms with E-state index >= 15 is 0 Å². The molecule has 11 heteroatoms. The van der Waals surface area contributed by atoms with Crippen molar-refractivity contribution in [3.63, 3.8) is 0 Å². The minimum atomic E-state index is -2.89. The Morgan fingerprint density at radius 3 is 3.00 bits per heavy atom. The first-order valence-electron chi connectivity index (χ1n) is 9.13. The van der Waals surface area contributed by atoms with Crippen molar-refractivity contribution in [1.82, 2.24) is 34.5 Å². The fraction of sp³-hybridized carbons (Fsp3) is 0.333. The zero-order chi connectivity index (χ0) is 20.0. The molecule has 1 atom stereocenters. The van der Waals surface area contributed by atoms with Crippen LogP contribution in [0.5, 0.6) is 5.88 Å². The topological polar surface area (TPSA) is 93.7 Å². The van der Waals surface area contributed by atoms with E-state index in [1.54, 1.807) is 15.2 Å². The van der Waals surface area contributed by atoms with Gasteiger partial charge in [-0.1, -0.05) is 0 Å². The molecule has 9 nitrogen and oxygen atoms in total. The maximum absolute atomic E-state index is 14.1. The monoisotopic (exact) mass is 400 g/mol. The van der Waals surface area contributed by atoms with Gasteiger partial charge in [0.2, 0.25) is 11.8 Å². The number of hydrogen-bond donors (Lipinski definition) is 2. The highest BCUT2D eigenvalue weighted by Gasteiger charge is 2.42. The summed E-state index contributed by atoms with van der Waals surface area (Å²) in [6, 6.07) is 4.60. The lowest BCUT2D eigenvalue weighted by Crippen LogP contribution is -2.53. The Kier molecular flexibility index (Phi) is 4.05. The van der Waals surface area contributed by atoms with Crippen LogP contribution in [0.4, 0.5) is 14.7 Å². The van der Waals surface area contributed by atoms with Crippen LogP contribution in [0.3, 0.4) is 0 Å². The third-order valence-electron chi connectivity index (χ3n) is 5.04. The molecule has 150 valence electrons. The summed E-state index contributed by atoms with van der Waals surface area (Å²) in [5.74, 6) is -2.51. The summed E-state index contributed by atoms with van der Waals surface area (Å²) in [5, 5.41) is 14.0. The molecule has 0 saturated carbocycles. The van der Waals surface area contributed by atoms with Gasteiger partial charge in [0.05, 0.1) is 19.7 Å². The number of piperidine rings is 1. The van der Waals surface area contributed by atoms with Crippen molar-refractivity contribution in [3.05, 3.63) is 36.9 Å². The van der Waals surface area contributed by atoms with Crippen molar-refractivity contribution in [1.29, 1.82) is 0 Å². The first-order valence-corrected chi connectivity index (χ1v) is 9.13. The van der Waals surface area contributed by atoms with Crippen molar-refractivity contribution < 1.29 is 13.5 Å². The van der Waals surface area contributed by atoms with Crippen molar-refractivity contribution in [2.24, 2.45) is 0 Å². The van der Waals surface area contributed by atoms with E-state index < -0.39 is 12.0 Å². The summed E-state index contributed by atoms with van der Waals surface area (Å²) in [7, 11) is 1.49. The van der Waals surface area contributed by atoms with Gasteiger partial charge >= 0.3 is 0 Å². The lowest BCUT2D eigenvalue weighted by Gasteiger charge is -2.32. The summed E-state index contributed by atoms with van der Waals surface area (Å²) < 4.78 is 37.0. The Morgan fingerprint density at radius 1 is 1.28 bits per heavy atom. The second-order valence-corrected chi connectivity index (χ2v) is 6.87. The second-order valence-electron chi connectivity index (χ2n) is 6.87. The maximum atomic E-state index is 14.1. The molecule has 0 bridgehead atoms. The van der Waals surface area contributed by atoms with Crippen LogP contribution in [0.2, 0.25) is 0 Å². The normalized spacial score (nSPS) is 18.9. The van der Waals surface area contributed by atoms with Gasteiger partial charge in [0.1, 0.15) is 11.8 Å². The van der Waals surface area contributed by atoms with Gasteiger partial charge in [-0.3, -0.25) is 0 Å². The Hall–Kier alpha value is -3.34. The van der Waals surface area contributed by atoms with Crippen molar-refractivity contribution in [2.75, 3.05) is 25.5 Å². The number of nitrogens with one attached hydrogen (secondary N) is 2. The van der Waals surface area contributed by atoms with Crippen LogP contribution in [0, 0.1) is 0 Å². The van der Waals surface area contributed by atoms with Gasteiger partial charge < -0.3 is 15.4 Å². The molecule has 0 spiro atoms. The molecule has 4 aromatic rings. The zero-order valence-electron chi connectivity index (χ0n) is 15.5. The number of nitrogens with zero attached hydrogens (tertiary/aromatic N) is 6. The third-order valence-corrected chi connectivity index (χ3v) is 5.04. The van der Waals surface area contributed by atoms with Crippen molar-refractivity contribution in [3.8, 4) is 17.0 Å². The summed E-state index contributed by atoms with van der Waals surface area (Å²) in [5.41, 5.74) is 3.07. The molecular weight excluding hydrogens is 382 g/mol. The largest absolute Gasteiger partial charge is 0.479 e. The molecule has 0 amide bonds. The van der Waals surface area contributed by atoms with E-state index in [1.807, 2.05) is 24.4 Å². The zero-order valence-corrected chi connectivity index (χ0v) is 15.5. The van der Waals surface area contributed by atoms with Gasteiger partial charge in [-0.15, -0.1) is 5.10 Å². The van der Waals surface area contributed by atoms with Crippen LogP contribution in [0.1, 0.15) is 6.42 Å². The van der Waals surface area contributed by atoms with Gasteiger partial charge in [-0.25, -0.2) is 22.8 Å². The number of halogens is 2. The Morgan fingerprint density at radius 2 is 2.17 bits per heavy atom. The number of methoxy groups -OCH3 is 1. The molecule has 4 aromatic heterocycles. The highest BCUT2D eigenvalue weighted by atomic mass is 19.3. The van der Waals surface area contributed by atoms with E-state index in [1.165, 1.54) is 13.4 Å². The summed E-state index contributed by atoms with van der Waals surface area (Å²) in [6.45, 7) is 0.132. The van der Waals surface area contributed by atoms with Gasteiger partial charge in [0.25, 0.3) is 5.92 Å². The van der Waals surface area contributed by atoms with E-state index in [0.29, 0.717) is 17.9 Å². The number of alkyl halides is 2. The minimum absolute atomic E-state index is 0.0924. The Balaban J connectivity index is 1.55. The van der Waals surface area contributed by atoms with Crippen LogP contribution in [-0.4, -0.2) is 61.4 Å². The lowest BCUT2D eigenvalue weighted by molar-refractivity contribution is -0.0324. The quantitative estimate of drug-likeness (QED) is 0.540. The molecule has 29 heavy (non-hydrogen) atoms. The molecule has 1 aliphatic rings. The van der Waals surface area contributed by atoms with E-state index in [-0.39, 0.29) is 18.9 Å². The summed E-state index contributed by atoms with van der Waals surface area (Å²) in [6.07, 6.45) is 5.34. The highest BCUT2D eigenvalue weighted by molar-refractivity contribution is 5.84. The predicted molar refractivity (Wildman–Crippen MR) is 101 cm³/mol. The third kappa shape index (κ3) is 3.03. The molecule has 0 radical (unpaired) electrons. The number of aromatic nitrogens is 6. The van der Waals surface area contributed by atoms with Gasteiger partial charge in [0, 0.05) is 23.5 Å². The van der Waals surface area contributed by atoms with Crippen LogP contribution >= 0.6 is 0 Å². The van der Waals surface area contributed by atoms with E-state index in [0.717, 1.165) is 16.8 Å². The summed E-state index contributed by atoms with van der Waals surface area (Å²) in [4.78, 5) is 8.48. The second kappa shape index (κ2) is 6.62. The standard InChI is InChI=1S/C18H18F2N8O/c1-29-16-15-12(11-2-3-14-22-10-23-28(14)8-11)5-7-27(15)26-17(25-16)24-13-4-6-21-9-18(13,19)20/h2-3,5,7-8,10,13,21H,4,6,9H2,1H3,(H,24,26)/t13-/m1/s1. The van der Waals surface area contributed by atoms with Crippen LogP contribution in [-0.2, 0) is 0 Å². The average Bonchev–Trinajstić information content (AvgIpc) is 3.35. The van der Waals surface area contributed by atoms with Crippen molar-refractivity contribution in [2.45, 2.75) is 18.4 Å². The molecule has 0 aliphatic carbocycles. The fourth-order valence-corrected chi connectivity index (χ4v) is 3.57. The van der Waals surface area contributed by atoms with E-state index in [9.17, 15) is 8.78 Å². The van der Waals surface area contributed by atoms with Crippen LogP contribution in [0.25, 0.3) is 22.3 Å². The van der Waals surface area contributed by atoms with Gasteiger partial charge in [-0.05, 0) is 31.2 Å². The summed E-state index contributed by atoms with van der Waals surface area (Å²) >= 11 is 0. The number of pyridine rings is 1. The van der Waals surface area contributed by atoms with Crippen LogP contribution in [0.15, 0.2) is 36.9 Å². The Bertz CT molecular complexity index is 1190. The van der Waals surface area contributed by atoms with Crippen LogP contribution < -0.4 is 15.4 Å². The predicted octanol–water partition coefficient (Wildman–Crippen LogP) is 1.86. The van der Waals surface area contributed by atoms with E-state index in [2.05, 4.69) is 30.8 Å². The molecule has 0 unspecified atom stereocenters. The SMILES string of the molecule is COc1nc(N[C@@H]2CCNCC2(F)F)nn2ccc(-c3ccc4ncnn4c3)c12. The molecular formula is C18H18F2N8O. The molecule has 0 aromatic carbocycles. The van der Waals surface area contributed by atoms with Gasteiger partial charge in [-0.2, -0.15) is 10.1 Å². The molecule has 5 rings (SSSR count). The minimum Gasteiger partial charge on any atom is -0.479 e. The number of hydrogen-bond acceptors (Lipinski definition) is 7. The molecule has 1 aliphatic heterocycles. The highest BCUT2D eigenvalue weighted by Crippen LogP contribution is 2.32. The first kappa shape index (κ1) is 17.7.